The zero-order valence-corrected chi connectivity index (χ0v) is 23.4. The SMILES string of the molecule is CC(=O)Oc1ccc(C=CC(=O)N(C(=O)C=Cc2ccc(OC(C)=O)c(OC(C)=O)c2)C(CO)C(=O)O)cc1OC(C)=O. The third-order valence-corrected chi connectivity index (χ3v) is 5.03. The fraction of sp³-hybridized carbons (Fsp3) is 0.207. The predicted molar refractivity (Wildman–Crippen MR) is 147 cm³/mol. The summed E-state index contributed by atoms with van der Waals surface area (Å²) in [4.78, 5) is 83.6. The highest BCUT2D eigenvalue weighted by atomic mass is 16.6. The van der Waals surface area contributed by atoms with Gasteiger partial charge in [0.05, 0.1) is 6.61 Å². The molecule has 14 heteroatoms. The lowest BCUT2D eigenvalue weighted by Gasteiger charge is -2.23. The number of aliphatic hydroxyl groups is 1. The minimum absolute atomic E-state index is 0.0721. The van der Waals surface area contributed by atoms with Gasteiger partial charge in [0.25, 0.3) is 11.8 Å². The highest BCUT2D eigenvalue weighted by Gasteiger charge is 2.32. The Bertz CT molecular complexity index is 1400. The van der Waals surface area contributed by atoms with Crippen molar-refractivity contribution in [2.24, 2.45) is 0 Å². The molecule has 0 aromatic heterocycles. The fourth-order valence-corrected chi connectivity index (χ4v) is 3.39. The number of carboxylic acids is 1. The number of benzene rings is 2. The van der Waals surface area contributed by atoms with E-state index in [0.29, 0.717) is 4.90 Å². The van der Waals surface area contributed by atoms with Crippen molar-refractivity contribution in [3.8, 4) is 23.0 Å². The van der Waals surface area contributed by atoms with E-state index in [-0.39, 0.29) is 34.1 Å². The maximum atomic E-state index is 13.0. The second-order valence-corrected chi connectivity index (χ2v) is 8.54. The van der Waals surface area contributed by atoms with Crippen LogP contribution in [0.5, 0.6) is 23.0 Å². The molecule has 2 amide bonds. The summed E-state index contributed by atoms with van der Waals surface area (Å²) in [6, 6.07) is 5.93. The smallest absolute Gasteiger partial charge is 0.329 e. The van der Waals surface area contributed by atoms with E-state index in [4.69, 9.17) is 18.9 Å². The Hall–Kier alpha value is -5.63. The summed E-state index contributed by atoms with van der Waals surface area (Å²) in [5.41, 5.74) is 0.482. The van der Waals surface area contributed by atoms with Crippen molar-refractivity contribution in [2.45, 2.75) is 33.7 Å². The van der Waals surface area contributed by atoms with Gasteiger partial charge in [-0.3, -0.25) is 33.7 Å². The van der Waals surface area contributed by atoms with Crippen LogP contribution in [0.2, 0.25) is 0 Å². The topological polar surface area (TPSA) is 200 Å². The number of esters is 4. The van der Waals surface area contributed by atoms with Gasteiger partial charge in [0.1, 0.15) is 0 Å². The molecule has 0 heterocycles. The first kappa shape index (κ1) is 33.6. The molecular formula is C29H27NO13. The summed E-state index contributed by atoms with van der Waals surface area (Å²) >= 11 is 0. The number of hydrogen-bond acceptors (Lipinski definition) is 12. The Morgan fingerprint density at radius 3 is 1.30 bits per heavy atom. The lowest BCUT2D eigenvalue weighted by Crippen LogP contribution is -2.49. The fourth-order valence-electron chi connectivity index (χ4n) is 3.39. The number of carbonyl (C=O) groups is 7. The third kappa shape index (κ3) is 10.4. The maximum Gasteiger partial charge on any atom is 0.329 e. The number of rotatable bonds is 11. The van der Waals surface area contributed by atoms with Crippen LogP contribution in [0.1, 0.15) is 38.8 Å². The highest BCUT2D eigenvalue weighted by Crippen LogP contribution is 2.30. The quantitative estimate of drug-likeness (QED) is 0.216. The van der Waals surface area contributed by atoms with E-state index in [1.165, 1.54) is 48.6 Å². The van der Waals surface area contributed by atoms with Crippen LogP contribution in [0.4, 0.5) is 0 Å². The van der Waals surface area contributed by atoms with E-state index in [1.807, 2.05) is 0 Å². The number of amides is 2. The van der Waals surface area contributed by atoms with Gasteiger partial charge in [-0.1, -0.05) is 12.1 Å². The molecule has 0 radical (unpaired) electrons. The molecule has 0 bridgehead atoms. The zero-order valence-electron chi connectivity index (χ0n) is 23.4. The normalized spacial score (nSPS) is 11.5. The minimum atomic E-state index is -1.96. The molecule has 2 N–H and O–H groups in total. The highest BCUT2D eigenvalue weighted by molar-refractivity contribution is 6.10. The van der Waals surface area contributed by atoms with Gasteiger partial charge >= 0.3 is 29.8 Å². The van der Waals surface area contributed by atoms with Crippen LogP contribution in [-0.2, 0) is 33.6 Å². The van der Waals surface area contributed by atoms with Crippen molar-refractivity contribution in [3.63, 3.8) is 0 Å². The summed E-state index contributed by atoms with van der Waals surface area (Å²) in [5, 5.41) is 19.1. The van der Waals surface area contributed by atoms with E-state index in [9.17, 15) is 43.8 Å². The number of hydrogen-bond donors (Lipinski definition) is 2. The van der Waals surface area contributed by atoms with E-state index in [1.54, 1.807) is 0 Å². The first-order chi connectivity index (χ1) is 20.2. The summed E-state index contributed by atoms with van der Waals surface area (Å²) < 4.78 is 20.0. The maximum absolute atomic E-state index is 13.0. The Morgan fingerprint density at radius 1 is 0.651 bits per heavy atom. The molecule has 2 aromatic carbocycles. The molecule has 226 valence electrons. The van der Waals surface area contributed by atoms with Crippen LogP contribution in [0.25, 0.3) is 12.2 Å². The largest absolute Gasteiger partial charge is 0.480 e. The third-order valence-electron chi connectivity index (χ3n) is 5.03. The van der Waals surface area contributed by atoms with E-state index in [0.717, 1.165) is 39.8 Å². The van der Waals surface area contributed by atoms with Gasteiger partial charge in [-0.15, -0.1) is 0 Å². The molecule has 0 aliphatic heterocycles. The Balaban J connectivity index is 2.40. The molecule has 0 saturated heterocycles. The van der Waals surface area contributed by atoms with Crippen LogP contribution >= 0.6 is 0 Å². The van der Waals surface area contributed by atoms with Crippen LogP contribution in [0, 0.1) is 0 Å². The second-order valence-electron chi connectivity index (χ2n) is 8.54. The lowest BCUT2D eigenvalue weighted by atomic mass is 10.1. The molecule has 2 aromatic rings. The summed E-state index contributed by atoms with van der Waals surface area (Å²) in [5.74, 6) is -7.14. The summed E-state index contributed by atoms with van der Waals surface area (Å²) in [6.45, 7) is 3.41. The van der Waals surface area contributed by atoms with Crippen molar-refractivity contribution in [1.82, 2.24) is 4.90 Å². The van der Waals surface area contributed by atoms with Crippen molar-refractivity contribution in [1.29, 1.82) is 0 Å². The average molecular weight is 598 g/mol. The average Bonchev–Trinajstić information content (AvgIpc) is 2.90. The van der Waals surface area contributed by atoms with Gasteiger partial charge in [-0.05, 0) is 47.5 Å². The molecule has 0 aliphatic rings. The zero-order chi connectivity index (χ0) is 32.3. The van der Waals surface area contributed by atoms with Crippen LogP contribution in [0.3, 0.4) is 0 Å². The van der Waals surface area contributed by atoms with Crippen molar-refractivity contribution in [2.75, 3.05) is 6.61 Å². The Morgan fingerprint density at radius 2 is 1.00 bits per heavy atom. The van der Waals surface area contributed by atoms with Crippen molar-refractivity contribution in [3.05, 3.63) is 59.7 Å². The summed E-state index contributed by atoms with van der Waals surface area (Å²) in [7, 11) is 0. The molecular weight excluding hydrogens is 570 g/mol. The molecule has 14 nitrogen and oxygen atoms in total. The van der Waals surface area contributed by atoms with Crippen LogP contribution in [0.15, 0.2) is 48.6 Å². The molecule has 0 fully saturated rings. The van der Waals surface area contributed by atoms with E-state index >= 15 is 0 Å². The minimum Gasteiger partial charge on any atom is -0.480 e. The Labute approximate surface area is 244 Å². The molecule has 0 saturated carbocycles. The van der Waals surface area contributed by atoms with Crippen LogP contribution < -0.4 is 18.9 Å². The summed E-state index contributed by atoms with van der Waals surface area (Å²) in [6.07, 6.45) is 4.05. The molecule has 1 unspecified atom stereocenters. The van der Waals surface area contributed by atoms with E-state index < -0.39 is 54.3 Å². The number of nitrogens with zero attached hydrogens (tertiary/aromatic N) is 1. The van der Waals surface area contributed by atoms with E-state index in [2.05, 4.69) is 0 Å². The number of imide groups is 1. The molecule has 43 heavy (non-hydrogen) atoms. The number of carbonyl (C=O) groups excluding carboxylic acids is 6. The van der Waals surface area contributed by atoms with Gasteiger partial charge < -0.3 is 29.2 Å². The Kier molecular flexibility index (Phi) is 12.0. The predicted octanol–water partition coefficient (Wildman–Crippen LogP) is 1.92. The molecule has 0 aliphatic carbocycles. The number of ether oxygens (including phenoxy) is 4. The standard InChI is InChI=1S/C29H27NO13/c1-16(32)40-23-9-5-20(13-25(23)42-18(3)34)7-11-27(36)30(22(15-31)29(38)39)28(37)12-8-21-6-10-24(41-17(2)33)26(14-21)43-19(4)35/h5-14,22,31H,15H2,1-4H3,(H,38,39). The monoisotopic (exact) mass is 597 g/mol. The number of aliphatic hydroxyl groups excluding tert-OH is 1. The van der Waals surface area contributed by atoms with Crippen LogP contribution in [-0.4, -0.2) is 69.4 Å². The van der Waals surface area contributed by atoms with Crippen molar-refractivity contribution >= 4 is 53.8 Å². The van der Waals surface area contributed by atoms with Crippen molar-refractivity contribution < 1.29 is 62.7 Å². The van der Waals surface area contributed by atoms with Gasteiger partial charge in [0, 0.05) is 39.8 Å². The van der Waals surface area contributed by atoms with Gasteiger partial charge in [0.15, 0.2) is 29.0 Å². The number of aliphatic carboxylic acids is 1. The molecule has 0 spiro atoms. The first-order valence-corrected chi connectivity index (χ1v) is 12.3. The number of carboxylic acid groups (broad SMARTS) is 1. The van der Waals surface area contributed by atoms with Gasteiger partial charge in [-0.2, -0.15) is 0 Å². The molecule has 2 rings (SSSR count). The van der Waals surface area contributed by atoms with Gasteiger partial charge in [-0.25, -0.2) is 4.79 Å². The molecule has 1 atom stereocenters. The first-order valence-electron chi connectivity index (χ1n) is 12.3. The second kappa shape index (κ2) is 15.4. The lowest BCUT2D eigenvalue weighted by molar-refractivity contribution is -0.156. The van der Waals surface area contributed by atoms with Gasteiger partial charge in [0.2, 0.25) is 0 Å².